The van der Waals surface area contributed by atoms with Gasteiger partial charge in [0.2, 0.25) is 0 Å². The van der Waals surface area contributed by atoms with Crippen LogP contribution in [0.5, 0.6) is 0 Å². The average Bonchev–Trinajstić information content (AvgIpc) is 2.87. The Balaban J connectivity index is 2.33. The van der Waals surface area contributed by atoms with Crippen LogP contribution in [0.25, 0.3) is 22.2 Å². The molecule has 0 saturated carbocycles. The Bertz CT molecular complexity index is 810. The number of aromatic amines is 1. The molecular weight excluding hydrogens is 295 g/mol. The number of pyridine rings is 2. The SMILES string of the molecule is CC(c1ncc2c(N)n[nH]c2c1-c1ccccn1)C(F)(F)F. The quantitative estimate of drug-likeness (QED) is 0.761. The zero-order chi connectivity index (χ0) is 15.9. The Labute approximate surface area is 123 Å². The van der Waals surface area contributed by atoms with Gasteiger partial charge in [0.15, 0.2) is 5.82 Å². The van der Waals surface area contributed by atoms with Crippen molar-refractivity contribution in [2.45, 2.75) is 19.0 Å². The number of nitrogen functional groups attached to an aromatic ring is 1. The maximum atomic E-state index is 13.1. The summed E-state index contributed by atoms with van der Waals surface area (Å²) in [6.07, 6.45) is -1.59. The number of halogens is 3. The van der Waals surface area contributed by atoms with Gasteiger partial charge in [0.1, 0.15) is 0 Å². The molecule has 22 heavy (non-hydrogen) atoms. The lowest BCUT2D eigenvalue weighted by Gasteiger charge is -2.18. The number of fused-ring (bicyclic) bond motifs is 1. The standard InChI is InChI=1S/C14H12F3N5/c1-7(14(15,16)17)11-10(9-4-2-3-5-19-9)12-8(6-20-11)13(18)22-21-12/h2-7H,1H3,(H3,18,21,22). The van der Waals surface area contributed by atoms with Crippen LogP contribution in [0, 0.1) is 0 Å². The zero-order valence-electron chi connectivity index (χ0n) is 11.5. The first kappa shape index (κ1) is 14.3. The molecule has 3 aromatic rings. The minimum Gasteiger partial charge on any atom is -0.382 e. The molecule has 3 rings (SSSR count). The van der Waals surface area contributed by atoms with Crippen molar-refractivity contribution in [1.82, 2.24) is 20.2 Å². The molecule has 0 aliphatic carbocycles. The van der Waals surface area contributed by atoms with E-state index < -0.39 is 12.1 Å². The lowest BCUT2D eigenvalue weighted by molar-refractivity contribution is -0.146. The van der Waals surface area contributed by atoms with Crippen LogP contribution in [-0.2, 0) is 0 Å². The number of nitrogens with two attached hydrogens (primary N) is 1. The minimum absolute atomic E-state index is 0.109. The molecule has 5 nitrogen and oxygen atoms in total. The highest BCUT2D eigenvalue weighted by Crippen LogP contribution is 2.40. The second-order valence-corrected chi connectivity index (χ2v) is 4.89. The molecule has 0 spiro atoms. The maximum absolute atomic E-state index is 13.1. The van der Waals surface area contributed by atoms with E-state index >= 15 is 0 Å². The van der Waals surface area contributed by atoms with E-state index in [1.54, 1.807) is 18.2 Å². The summed E-state index contributed by atoms with van der Waals surface area (Å²) in [5, 5.41) is 7.00. The molecule has 0 radical (unpaired) electrons. The van der Waals surface area contributed by atoms with Crippen molar-refractivity contribution < 1.29 is 13.2 Å². The number of hydrogen-bond donors (Lipinski definition) is 2. The van der Waals surface area contributed by atoms with Gasteiger partial charge in [0, 0.05) is 18.0 Å². The monoisotopic (exact) mass is 307 g/mol. The third-order valence-corrected chi connectivity index (χ3v) is 3.49. The number of nitrogens with zero attached hydrogens (tertiary/aromatic N) is 3. The number of rotatable bonds is 2. The molecule has 3 N–H and O–H groups in total. The molecule has 3 aromatic heterocycles. The van der Waals surface area contributed by atoms with Gasteiger partial charge in [0.25, 0.3) is 0 Å². The number of alkyl halides is 3. The predicted molar refractivity (Wildman–Crippen MR) is 76.0 cm³/mol. The fourth-order valence-corrected chi connectivity index (χ4v) is 2.27. The summed E-state index contributed by atoms with van der Waals surface area (Å²) in [6, 6.07) is 5.01. The van der Waals surface area contributed by atoms with Crippen molar-refractivity contribution in [1.29, 1.82) is 0 Å². The highest BCUT2D eigenvalue weighted by atomic mass is 19.4. The molecule has 114 valence electrons. The van der Waals surface area contributed by atoms with E-state index in [2.05, 4.69) is 20.2 Å². The smallest absolute Gasteiger partial charge is 0.382 e. The van der Waals surface area contributed by atoms with E-state index in [1.807, 2.05) is 0 Å². The summed E-state index contributed by atoms with van der Waals surface area (Å²) in [4.78, 5) is 8.12. The zero-order valence-corrected chi connectivity index (χ0v) is 11.5. The van der Waals surface area contributed by atoms with Crippen molar-refractivity contribution in [3.8, 4) is 11.3 Å². The molecule has 1 atom stereocenters. The summed E-state index contributed by atoms with van der Waals surface area (Å²) in [5.74, 6) is -1.55. The largest absolute Gasteiger partial charge is 0.397 e. The van der Waals surface area contributed by atoms with Crippen LogP contribution < -0.4 is 5.73 Å². The van der Waals surface area contributed by atoms with Gasteiger partial charge < -0.3 is 5.73 Å². The van der Waals surface area contributed by atoms with E-state index in [-0.39, 0.29) is 17.1 Å². The molecule has 0 aliphatic heterocycles. The number of nitrogens with one attached hydrogen (secondary N) is 1. The fraction of sp³-hybridized carbons (Fsp3) is 0.214. The van der Waals surface area contributed by atoms with Crippen molar-refractivity contribution in [2.24, 2.45) is 0 Å². The van der Waals surface area contributed by atoms with Gasteiger partial charge in [0.05, 0.1) is 28.2 Å². The molecular formula is C14H12F3N5. The van der Waals surface area contributed by atoms with Crippen LogP contribution in [0.4, 0.5) is 19.0 Å². The Morgan fingerprint density at radius 3 is 2.64 bits per heavy atom. The van der Waals surface area contributed by atoms with Gasteiger partial charge >= 0.3 is 6.18 Å². The molecule has 3 heterocycles. The van der Waals surface area contributed by atoms with E-state index in [9.17, 15) is 13.2 Å². The van der Waals surface area contributed by atoms with E-state index in [4.69, 9.17) is 5.73 Å². The molecule has 0 bridgehead atoms. The first-order valence-electron chi connectivity index (χ1n) is 6.50. The van der Waals surface area contributed by atoms with Gasteiger partial charge in [-0.25, -0.2) is 0 Å². The maximum Gasteiger partial charge on any atom is 0.397 e. The topological polar surface area (TPSA) is 80.5 Å². The van der Waals surface area contributed by atoms with Crippen LogP contribution in [0.3, 0.4) is 0 Å². The average molecular weight is 307 g/mol. The van der Waals surface area contributed by atoms with Crippen LogP contribution in [0.15, 0.2) is 30.6 Å². The predicted octanol–water partition coefficient (Wildman–Crippen LogP) is 3.27. The lowest BCUT2D eigenvalue weighted by atomic mass is 9.97. The Morgan fingerprint density at radius 1 is 1.23 bits per heavy atom. The van der Waals surface area contributed by atoms with Gasteiger partial charge in [-0.2, -0.15) is 18.3 Å². The van der Waals surface area contributed by atoms with Crippen molar-refractivity contribution >= 4 is 16.7 Å². The normalized spacial score (nSPS) is 13.5. The molecule has 0 aliphatic rings. The molecule has 8 heteroatoms. The summed E-state index contributed by atoms with van der Waals surface area (Å²) < 4.78 is 39.4. The summed E-state index contributed by atoms with van der Waals surface area (Å²) >= 11 is 0. The number of H-pyrrole nitrogens is 1. The number of hydrogen-bond acceptors (Lipinski definition) is 4. The second-order valence-electron chi connectivity index (χ2n) is 4.89. The van der Waals surface area contributed by atoms with Crippen LogP contribution in [0.1, 0.15) is 18.5 Å². The van der Waals surface area contributed by atoms with Gasteiger partial charge in [-0.05, 0) is 19.1 Å². The number of aromatic nitrogens is 4. The number of anilines is 1. The molecule has 1 unspecified atom stereocenters. The fourth-order valence-electron chi connectivity index (χ4n) is 2.27. The first-order chi connectivity index (χ1) is 10.4. The molecule has 0 saturated heterocycles. The van der Waals surface area contributed by atoms with Crippen molar-refractivity contribution in [3.63, 3.8) is 0 Å². The third kappa shape index (κ3) is 2.26. The van der Waals surface area contributed by atoms with Crippen LogP contribution >= 0.6 is 0 Å². The molecule has 0 aromatic carbocycles. The Kier molecular flexibility index (Phi) is 3.23. The van der Waals surface area contributed by atoms with Gasteiger partial charge in [-0.1, -0.05) is 6.07 Å². The summed E-state index contributed by atoms with van der Waals surface area (Å²) in [5.41, 5.74) is 6.66. The summed E-state index contributed by atoms with van der Waals surface area (Å²) in [6.45, 7) is 1.07. The third-order valence-electron chi connectivity index (χ3n) is 3.49. The van der Waals surface area contributed by atoms with E-state index in [1.165, 1.54) is 12.4 Å². The molecule has 0 fully saturated rings. The molecule has 0 amide bonds. The van der Waals surface area contributed by atoms with Crippen molar-refractivity contribution in [2.75, 3.05) is 5.73 Å². The lowest BCUT2D eigenvalue weighted by Crippen LogP contribution is -2.20. The summed E-state index contributed by atoms with van der Waals surface area (Å²) in [7, 11) is 0. The minimum atomic E-state index is -4.41. The van der Waals surface area contributed by atoms with Gasteiger partial charge in [-0.3, -0.25) is 15.1 Å². The highest BCUT2D eigenvalue weighted by molar-refractivity contribution is 5.98. The first-order valence-corrected chi connectivity index (χ1v) is 6.50. The Hall–Kier alpha value is -2.64. The van der Waals surface area contributed by atoms with Crippen molar-refractivity contribution in [3.05, 3.63) is 36.3 Å². The van der Waals surface area contributed by atoms with Gasteiger partial charge in [-0.15, -0.1) is 0 Å². The van der Waals surface area contributed by atoms with E-state index in [0.29, 0.717) is 16.6 Å². The highest BCUT2D eigenvalue weighted by Gasteiger charge is 2.40. The van der Waals surface area contributed by atoms with E-state index in [0.717, 1.165) is 6.92 Å². The second kappa shape index (κ2) is 4.97. The van der Waals surface area contributed by atoms with Crippen LogP contribution in [-0.4, -0.2) is 26.3 Å². The van der Waals surface area contributed by atoms with Crippen LogP contribution in [0.2, 0.25) is 0 Å². The Morgan fingerprint density at radius 2 is 2.00 bits per heavy atom.